The number of fused-ring (bicyclic) bond motifs is 1. The van der Waals surface area contributed by atoms with Gasteiger partial charge in [0.1, 0.15) is 17.6 Å². The molecule has 27 heavy (non-hydrogen) atoms. The Balaban J connectivity index is 1.69. The highest BCUT2D eigenvalue weighted by Crippen LogP contribution is 2.26. The van der Waals surface area contributed by atoms with Crippen molar-refractivity contribution >= 4 is 11.6 Å². The number of methoxy groups -OCH3 is 1. The van der Waals surface area contributed by atoms with Crippen molar-refractivity contribution in [2.45, 2.75) is 32.8 Å². The average Bonchev–Trinajstić information content (AvgIpc) is 2.91. The monoisotopic (exact) mass is 368 g/mol. The zero-order valence-corrected chi connectivity index (χ0v) is 16.3. The summed E-state index contributed by atoms with van der Waals surface area (Å²) in [6, 6.07) is 13.6. The molecule has 0 bridgehead atoms. The molecule has 2 aromatic carbocycles. The first kappa shape index (κ1) is 19.1. The van der Waals surface area contributed by atoms with Gasteiger partial charge in [0.15, 0.2) is 0 Å². The van der Waals surface area contributed by atoms with Crippen LogP contribution in [0.1, 0.15) is 36.2 Å². The van der Waals surface area contributed by atoms with Crippen LogP contribution in [0.2, 0.25) is 0 Å². The molecule has 1 atom stereocenters. The Morgan fingerprint density at radius 1 is 1.15 bits per heavy atom. The number of hydrogen-bond acceptors (Lipinski definition) is 4. The standard InChI is InChI=1S/C22H28N2O3/c1-4-24(5-2)22(25)17-10-12-21-16(13-17)9-11-20(15-23-21)27-19-8-6-7-18(14-19)26-3/h6-8,10,12-14,20,23H,4-5,9,11,15H2,1-3H3. The predicted molar refractivity (Wildman–Crippen MR) is 108 cm³/mol. The summed E-state index contributed by atoms with van der Waals surface area (Å²) in [5, 5.41) is 3.47. The van der Waals surface area contributed by atoms with Crippen LogP contribution in [0.5, 0.6) is 11.5 Å². The van der Waals surface area contributed by atoms with E-state index >= 15 is 0 Å². The molecular weight excluding hydrogens is 340 g/mol. The molecule has 1 N–H and O–H groups in total. The first-order valence-corrected chi connectivity index (χ1v) is 9.61. The molecule has 0 radical (unpaired) electrons. The Labute approximate surface area is 161 Å². The van der Waals surface area contributed by atoms with E-state index in [9.17, 15) is 4.79 Å². The van der Waals surface area contributed by atoms with Gasteiger partial charge in [-0.3, -0.25) is 4.79 Å². The van der Waals surface area contributed by atoms with Gasteiger partial charge in [-0.25, -0.2) is 0 Å². The van der Waals surface area contributed by atoms with Crippen LogP contribution in [-0.2, 0) is 6.42 Å². The molecule has 0 aromatic heterocycles. The third kappa shape index (κ3) is 4.54. The lowest BCUT2D eigenvalue weighted by Crippen LogP contribution is -2.30. The average molecular weight is 368 g/mol. The fraction of sp³-hybridized carbons (Fsp3) is 0.409. The van der Waals surface area contributed by atoms with E-state index in [2.05, 4.69) is 5.32 Å². The topological polar surface area (TPSA) is 50.8 Å². The van der Waals surface area contributed by atoms with Crippen molar-refractivity contribution < 1.29 is 14.3 Å². The highest BCUT2D eigenvalue weighted by molar-refractivity contribution is 5.95. The number of anilines is 1. The highest BCUT2D eigenvalue weighted by atomic mass is 16.5. The second-order valence-electron chi connectivity index (χ2n) is 6.69. The van der Waals surface area contributed by atoms with Gasteiger partial charge in [0.25, 0.3) is 5.91 Å². The van der Waals surface area contributed by atoms with E-state index in [1.165, 1.54) is 5.56 Å². The van der Waals surface area contributed by atoms with Gasteiger partial charge in [-0.2, -0.15) is 0 Å². The Hall–Kier alpha value is -2.69. The SMILES string of the molecule is CCN(CC)C(=O)c1ccc2c(c1)CCC(Oc1cccc(OC)c1)CN2. The van der Waals surface area contributed by atoms with Gasteiger partial charge in [-0.1, -0.05) is 6.07 Å². The van der Waals surface area contributed by atoms with Crippen molar-refractivity contribution in [1.29, 1.82) is 0 Å². The van der Waals surface area contributed by atoms with Gasteiger partial charge >= 0.3 is 0 Å². The number of rotatable bonds is 6. The molecule has 1 heterocycles. The van der Waals surface area contributed by atoms with Crippen molar-refractivity contribution in [3.63, 3.8) is 0 Å². The maximum Gasteiger partial charge on any atom is 0.253 e. The zero-order valence-electron chi connectivity index (χ0n) is 16.3. The van der Waals surface area contributed by atoms with Gasteiger partial charge in [-0.15, -0.1) is 0 Å². The van der Waals surface area contributed by atoms with Crippen LogP contribution in [0, 0.1) is 0 Å². The third-order valence-electron chi connectivity index (χ3n) is 5.00. The molecule has 3 rings (SSSR count). The maximum absolute atomic E-state index is 12.6. The van der Waals surface area contributed by atoms with Crippen molar-refractivity contribution in [3.8, 4) is 11.5 Å². The van der Waals surface area contributed by atoms with Gasteiger partial charge in [0.2, 0.25) is 0 Å². The molecule has 5 heteroatoms. The Morgan fingerprint density at radius 3 is 2.67 bits per heavy atom. The number of ether oxygens (including phenoxy) is 2. The van der Waals surface area contributed by atoms with E-state index in [0.717, 1.165) is 55.2 Å². The van der Waals surface area contributed by atoms with Gasteiger partial charge in [-0.05, 0) is 62.6 Å². The fourth-order valence-electron chi connectivity index (χ4n) is 3.41. The van der Waals surface area contributed by atoms with Crippen LogP contribution in [-0.4, -0.2) is 43.7 Å². The maximum atomic E-state index is 12.6. The molecule has 1 unspecified atom stereocenters. The summed E-state index contributed by atoms with van der Waals surface area (Å²) in [4.78, 5) is 14.5. The van der Waals surface area contributed by atoms with Crippen LogP contribution >= 0.6 is 0 Å². The third-order valence-corrected chi connectivity index (χ3v) is 5.00. The molecule has 0 aliphatic carbocycles. The van der Waals surface area contributed by atoms with E-state index in [4.69, 9.17) is 9.47 Å². The summed E-state index contributed by atoms with van der Waals surface area (Å²) in [5.41, 5.74) is 3.01. The van der Waals surface area contributed by atoms with Crippen molar-refractivity contribution in [1.82, 2.24) is 4.90 Å². The van der Waals surface area contributed by atoms with Gasteiger partial charge < -0.3 is 19.7 Å². The van der Waals surface area contributed by atoms with Gasteiger partial charge in [0, 0.05) is 30.4 Å². The molecule has 5 nitrogen and oxygen atoms in total. The number of nitrogens with zero attached hydrogens (tertiary/aromatic N) is 1. The van der Waals surface area contributed by atoms with E-state index in [0.29, 0.717) is 0 Å². The Kier molecular flexibility index (Phi) is 6.22. The number of carbonyl (C=O) groups excluding carboxylic acids is 1. The number of hydrogen-bond donors (Lipinski definition) is 1. The minimum absolute atomic E-state index is 0.0615. The molecular formula is C22H28N2O3. The van der Waals surface area contributed by atoms with Gasteiger partial charge in [0.05, 0.1) is 13.7 Å². The smallest absolute Gasteiger partial charge is 0.253 e. The summed E-state index contributed by atoms with van der Waals surface area (Å²) < 4.78 is 11.4. The van der Waals surface area contributed by atoms with Crippen LogP contribution in [0.3, 0.4) is 0 Å². The molecule has 2 aromatic rings. The number of benzene rings is 2. The van der Waals surface area contributed by atoms with Crippen LogP contribution < -0.4 is 14.8 Å². The molecule has 0 fully saturated rings. The van der Waals surface area contributed by atoms with E-state index in [-0.39, 0.29) is 12.0 Å². The number of nitrogens with one attached hydrogen (secondary N) is 1. The normalized spacial score (nSPS) is 15.9. The summed E-state index contributed by atoms with van der Waals surface area (Å²) >= 11 is 0. The van der Waals surface area contributed by atoms with Crippen LogP contribution in [0.15, 0.2) is 42.5 Å². The van der Waals surface area contributed by atoms with Crippen molar-refractivity contribution in [3.05, 3.63) is 53.6 Å². The summed E-state index contributed by atoms with van der Waals surface area (Å²) in [6.07, 6.45) is 1.82. The van der Waals surface area contributed by atoms with E-state index in [1.807, 2.05) is 61.2 Å². The Bertz CT molecular complexity index is 787. The Morgan fingerprint density at radius 2 is 1.93 bits per heavy atom. The second kappa shape index (κ2) is 8.80. The largest absolute Gasteiger partial charge is 0.497 e. The van der Waals surface area contributed by atoms with E-state index < -0.39 is 0 Å². The second-order valence-corrected chi connectivity index (χ2v) is 6.69. The lowest BCUT2D eigenvalue weighted by atomic mass is 10.0. The highest BCUT2D eigenvalue weighted by Gasteiger charge is 2.20. The molecule has 1 amide bonds. The number of amides is 1. The number of aryl methyl sites for hydroxylation is 1. The van der Waals surface area contributed by atoms with E-state index in [1.54, 1.807) is 7.11 Å². The first-order chi connectivity index (χ1) is 13.1. The fourth-order valence-corrected chi connectivity index (χ4v) is 3.41. The summed E-state index contributed by atoms with van der Waals surface area (Å²) in [5.74, 6) is 1.69. The molecule has 1 aliphatic heterocycles. The molecule has 0 saturated carbocycles. The molecule has 144 valence electrons. The summed E-state index contributed by atoms with van der Waals surface area (Å²) in [7, 11) is 1.65. The minimum Gasteiger partial charge on any atom is -0.497 e. The zero-order chi connectivity index (χ0) is 19.2. The lowest BCUT2D eigenvalue weighted by molar-refractivity contribution is 0.0773. The van der Waals surface area contributed by atoms with Crippen molar-refractivity contribution in [2.24, 2.45) is 0 Å². The van der Waals surface area contributed by atoms with Crippen LogP contribution in [0.4, 0.5) is 5.69 Å². The molecule has 0 spiro atoms. The molecule has 1 aliphatic rings. The molecule has 0 saturated heterocycles. The van der Waals surface area contributed by atoms with Crippen LogP contribution in [0.25, 0.3) is 0 Å². The quantitative estimate of drug-likeness (QED) is 0.838. The lowest BCUT2D eigenvalue weighted by Gasteiger charge is -2.19. The number of carbonyl (C=O) groups is 1. The predicted octanol–water partition coefficient (Wildman–Crippen LogP) is 3.98. The summed E-state index contributed by atoms with van der Waals surface area (Å²) in [6.45, 7) is 6.19. The first-order valence-electron chi connectivity index (χ1n) is 9.61. The van der Waals surface area contributed by atoms with Crippen molar-refractivity contribution in [2.75, 3.05) is 32.1 Å². The minimum atomic E-state index is 0.0615.